The minimum atomic E-state index is -2.78. The van der Waals surface area contributed by atoms with Gasteiger partial charge in [-0.3, -0.25) is 14.6 Å². The largest absolute Gasteiger partial charge is 0.508 e. The first-order valence-electron chi connectivity index (χ1n) is 13.1. The van der Waals surface area contributed by atoms with Gasteiger partial charge in [0.15, 0.2) is 0 Å². The topological polar surface area (TPSA) is 73.7 Å². The molecule has 208 valence electrons. The number of aromatic hydroxyl groups is 1. The number of amides is 2. The summed E-state index contributed by atoms with van der Waals surface area (Å²) >= 11 is 0. The molecule has 2 atom stereocenters. The van der Waals surface area contributed by atoms with Crippen molar-refractivity contribution in [3.8, 4) is 5.75 Å². The molecule has 1 aliphatic carbocycles. The number of hydrogen-bond acceptors (Lipinski definition) is 4. The van der Waals surface area contributed by atoms with E-state index >= 15 is 0 Å². The third-order valence-corrected chi connectivity index (χ3v) is 7.14. The Balaban J connectivity index is 1.98. The molecule has 6 nitrogen and oxygen atoms in total. The van der Waals surface area contributed by atoms with Gasteiger partial charge in [-0.2, -0.15) is 0 Å². The van der Waals surface area contributed by atoms with Crippen molar-refractivity contribution in [3.63, 3.8) is 0 Å². The monoisotopic (exact) mass is 537 g/mol. The number of phenols is 1. The number of pyridine rings is 1. The Morgan fingerprint density at radius 1 is 1.23 bits per heavy atom. The fourth-order valence-corrected chi connectivity index (χ4v) is 5.01. The number of nitrogens with zero attached hydrogens (tertiary/aromatic N) is 3. The molecule has 1 fully saturated rings. The first-order valence-corrected chi connectivity index (χ1v) is 13.1. The van der Waals surface area contributed by atoms with Crippen molar-refractivity contribution in [2.45, 2.75) is 51.0 Å². The molecule has 1 aliphatic rings. The summed E-state index contributed by atoms with van der Waals surface area (Å²) in [6.45, 7) is 9.61. The molecular weight excluding hydrogens is 500 g/mol. The van der Waals surface area contributed by atoms with E-state index < -0.39 is 17.9 Å². The summed E-state index contributed by atoms with van der Waals surface area (Å²) in [7, 11) is 1.65. The van der Waals surface area contributed by atoms with Crippen molar-refractivity contribution in [3.05, 3.63) is 96.4 Å². The van der Waals surface area contributed by atoms with Crippen LogP contribution in [0.4, 0.5) is 8.78 Å². The lowest BCUT2D eigenvalue weighted by Crippen LogP contribution is -2.46. The van der Waals surface area contributed by atoms with Crippen LogP contribution in [0.1, 0.15) is 48.4 Å². The van der Waals surface area contributed by atoms with E-state index in [0.29, 0.717) is 12.0 Å². The van der Waals surface area contributed by atoms with Crippen molar-refractivity contribution in [1.29, 1.82) is 0 Å². The molecule has 3 rings (SSSR count). The molecule has 0 aliphatic heterocycles. The maximum atomic E-state index is 14.1. The van der Waals surface area contributed by atoms with Gasteiger partial charge in [0.1, 0.15) is 11.8 Å². The zero-order valence-corrected chi connectivity index (χ0v) is 22.7. The zero-order chi connectivity index (χ0) is 28.6. The number of allylic oxidation sites excluding steroid dienone is 2. The van der Waals surface area contributed by atoms with Crippen LogP contribution in [0.15, 0.2) is 79.7 Å². The molecule has 1 aromatic carbocycles. The second-order valence-corrected chi connectivity index (χ2v) is 10.2. The first-order chi connectivity index (χ1) is 18.5. The van der Waals surface area contributed by atoms with Crippen LogP contribution in [0.25, 0.3) is 0 Å². The van der Waals surface area contributed by atoms with Gasteiger partial charge in [-0.1, -0.05) is 43.5 Å². The van der Waals surface area contributed by atoms with Crippen LogP contribution in [0, 0.1) is 12.8 Å². The van der Waals surface area contributed by atoms with Crippen LogP contribution >= 0.6 is 0 Å². The number of carbonyl (C=O) groups is 2. The smallest absolute Gasteiger partial charge is 0.250 e. The summed E-state index contributed by atoms with van der Waals surface area (Å²) in [5.41, 5.74) is 2.95. The molecular formula is C31H37F2N3O3. The van der Waals surface area contributed by atoms with Crippen molar-refractivity contribution < 1.29 is 23.5 Å². The maximum absolute atomic E-state index is 14.1. The van der Waals surface area contributed by atoms with Gasteiger partial charge < -0.3 is 14.9 Å². The number of phenolic OH excluding ortho intramolecular Hbond substituents is 1. The van der Waals surface area contributed by atoms with E-state index in [9.17, 15) is 23.5 Å². The van der Waals surface area contributed by atoms with Crippen molar-refractivity contribution >= 4 is 11.8 Å². The predicted molar refractivity (Wildman–Crippen MR) is 148 cm³/mol. The molecule has 1 aromatic heterocycles. The number of benzene rings is 1. The highest BCUT2D eigenvalue weighted by atomic mass is 19.3. The Hall–Kier alpha value is -3.81. The van der Waals surface area contributed by atoms with E-state index in [4.69, 9.17) is 0 Å². The highest BCUT2D eigenvalue weighted by Crippen LogP contribution is 2.40. The summed E-state index contributed by atoms with van der Waals surface area (Å²) in [4.78, 5) is 35.0. The number of rotatable bonds is 12. The van der Waals surface area contributed by atoms with Gasteiger partial charge in [0.2, 0.25) is 17.7 Å². The normalized spacial score (nSPS) is 17.3. The van der Waals surface area contributed by atoms with Crippen LogP contribution in [0.3, 0.4) is 0 Å². The Morgan fingerprint density at radius 3 is 2.54 bits per heavy atom. The second-order valence-electron chi connectivity index (χ2n) is 10.2. The Morgan fingerprint density at radius 2 is 1.95 bits per heavy atom. The van der Waals surface area contributed by atoms with Crippen molar-refractivity contribution in [1.82, 2.24) is 14.8 Å². The lowest BCUT2D eigenvalue weighted by Gasteiger charge is -2.36. The molecule has 8 heteroatoms. The second kappa shape index (κ2) is 13.3. The third kappa shape index (κ3) is 8.09. The fourth-order valence-electron chi connectivity index (χ4n) is 5.01. The van der Waals surface area contributed by atoms with E-state index in [1.54, 1.807) is 68.0 Å². The minimum Gasteiger partial charge on any atom is -0.508 e. The molecule has 1 heterocycles. The summed E-state index contributed by atoms with van der Waals surface area (Å²) < 4.78 is 28.3. The average molecular weight is 538 g/mol. The summed E-state index contributed by atoms with van der Waals surface area (Å²) in [5.74, 6) is -3.71. The van der Waals surface area contributed by atoms with Crippen LogP contribution in [-0.2, 0) is 16.0 Å². The Bertz CT molecular complexity index is 1210. The molecule has 2 unspecified atom stereocenters. The molecule has 39 heavy (non-hydrogen) atoms. The molecule has 1 N–H and O–H groups in total. The van der Waals surface area contributed by atoms with Gasteiger partial charge >= 0.3 is 0 Å². The summed E-state index contributed by atoms with van der Waals surface area (Å²) in [6.07, 6.45) is 8.40. The fraction of sp³-hybridized carbons (Fsp3) is 0.387. The molecule has 0 bridgehead atoms. The Kier molecular flexibility index (Phi) is 10.2. The van der Waals surface area contributed by atoms with Gasteiger partial charge in [-0.15, -0.1) is 0 Å². The number of aryl methyl sites for hydroxylation is 2. The van der Waals surface area contributed by atoms with Gasteiger partial charge in [0.05, 0.1) is 0 Å². The van der Waals surface area contributed by atoms with E-state index in [1.165, 1.54) is 9.80 Å². The number of hydrogen-bond donors (Lipinski definition) is 1. The van der Waals surface area contributed by atoms with E-state index in [0.717, 1.165) is 16.7 Å². The molecule has 2 amide bonds. The van der Waals surface area contributed by atoms with Crippen LogP contribution < -0.4 is 0 Å². The van der Waals surface area contributed by atoms with Gasteiger partial charge in [-0.25, -0.2) is 8.78 Å². The highest BCUT2D eigenvalue weighted by Gasteiger charge is 2.42. The third-order valence-electron chi connectivity index (χ3n) is 7.14. The Labute approximate surface area is 229 Å². The molecule has 0 spiro atoms. The number of likely N-dealkylation sites (N-methyl/N-ethyl adjacent to an activating group) is 1. The lowest BCUT2D eigenvalue weighted by molar-refractivity contribution is -0.146. The number of carbonyl (C=O) groups excluding carboxylic acids is 2. The van der Waals surface area contributed by atoms with Crippen LogP contribution in [0.5, 0.6) is 5.75 Å². The predicted octanol–water partition coefficient (Wildman–Crippen LogP) is 5.79. The number of halogens is 2. The van der Waals surface area contributed by atoms with Crippen LogP contribution in [0.2, 0.25) is 0 Å². The number of aromatic nitrogens is 1. The van der Waals surface area contributed by atoms with Gasteiger partial charge in [0, 0.05) is 51.8 Å². The van der Waals surface area contributed by atoms with E-state index in [1.807, 2.05) is 6.92 Å². The zero-order valence-electron chi connectivity index (χ0n) is 22.7. The molecule has 0 radical (unpaired) electrons. The van der Waals surface area contributed by atoms with Crippen LogP contribution in [-0.4, -0.2) is 57.8 Å². The maximum Gasteiger partial charge on any atom is 0.250 e. The summed E-state index contributed by atoms with van der Waals surface area (Å²) in [5, 5.41) is 9.58. The minimum absolute atomic E-state index is 0.0484. The lowest BCUT2D eigenvalue weighted by atomic mass is 9.97. The SMILES string of the molecule is C=C/C=C(\C=C)CN(C)C(=O)C(c1ccncc1C)N(CC1CCC(F)(F)C1)C(=O)CCc1ccc(O)cc1. The van der Waals surface area contributed by atoms with Crippen molar-refractivity contribution in [2.75, 3.05) is 20.1 Å². The van der Waals surface area contributed by atoms with E-state index in [2.05, 4.69) is 18.1 Å². The number of alkyl halides is 2. The molecule has 1 saturated carbocycles. The van der Waals surface area contributed by atoms with Crippen molar-refractivity contribution in [2.24, 2.45) is 5.92 Å². The first kappa shape index (κ1) is 29.7. The molecule has 2 aromatic rings. The quantitative estimate of drug-likeness (QED) is 0.348. The van der Waals surface area contributed by atoms with Gasteiger partial charge in [-0.05, 0) is 66.1 Å². The summed E-state index contributed by atoms with van der Waals surface area (Å²) in [6, 6.07) is 7.27. The highest BCUT2D eigenvalue weighted by molar-refractivity contribution is 5.89. The molecule has 0 saturated heterocycles. The van der Waals surface area contributed by atoms with Gasteiger partial charge in [0.25, 0.3) is 0 Å². The standard InChI is InChI=1S/C31H37F2N3O3/c1-5-7-23(6-2)20-35(4)30(39)29(27-15-17-34-19-22(27)3)36(21-25-14-16-31(32,33)18-25)28(38)13-10-24-8-11-26(37)12-9-24/h5-9,11-12,15,17,19,25,29,37H,1-2,10,13-14,16,18,20-21H2,3-4H3/b23-7+. The average Bonchev–Trinajstić information content (AvgIpc) is 3.26. The van der Waals surface area contributed by atoms with E-state index in [-0.39, 0.29) is 56.3 Å².